The molecule has 0 bridgehead atoms. The molecule has 0 atom stereocenters. The van der Waals surface area contributed by atoms with Crippen LogP contribution in [0.25, 0.3) is 0 Å². The van der Waals surface area contributed by atoms with E-state index in [4.69, 9.17) is 5.11 Å². The third-order valence-corrected chi connectivity index (χ3v) is 2.90. The second-order valence-corrected chi connectivity index (χ2v) is 4.69. The Labute approximate surface area is 110 Å². The van der Waals surface area contributed by atoms with Crippen LogP contribution in [0.5, 0.6) is 0 Å². The van der Waals surface area contributed by atoms with E-state index in [9.17, 15) is 9.59 Å². The molecule has 3 N–H and O–H groups in total. The van der Waals surface area contributed by atoms with Crippen LogP contribution in [0.1, 0.15) is 6.92 Å². The third-order valence-electron chi connectivity index (χ3n) is 1.96. The summed E-state index contributed by atoms with van der Waals surface area (Å²) in [6.45, 7) is 1.51. The van der Waals surface area contributed by atoms with Crippen molar-refractivity contribution in [3.63, 3.8) is 0 Å². The molecule has 0 radical (unpaired) electrons. The number of benzene rings is 1. The van der Waals surface area contributed by atoms with E-state index in [0.717, 1.165) is 0 Å². The maximum atomic E-state index is 11.5. The van der Waals surface area contributed by atoms with Crippen molar-refractivity contribution in [2.45, 2.75) is 6.92 Å². The fraction of sp³-hybridized carbons (Fsp3) is 0.333. The van der Waals surface area contributed by atoms with Gasteiger partial charge in [0, 0.05) is 24.1 Å². The lowest BCUT2D eigenvalue weighted by Gasteiger charge is -2.06. The van der Waals surface area contributed by atoms with Gasteiger partial charge < -0.3 is 15.7 Å². The topological polar surface area (TPSA) is 78.4 Å². The van der Waals surface area contributed by atoms with Crippen LogP contribution in [0, 0.1) is 0 Å². The van der Waals surface area contributed by atoms with Crippen LogP contribution in [-0.2, 0) is 9.59 Å². The standard InChI is InChI=1S/C12H16N2O3S/c1-9(16)13-10-2-4-11(5-3-10)14-12(17)8-18-7-6-15/h2-5,15H,6-8H2,1H3,(H,13,16)(H,14,17). The molecule has 2 amide bonds. The van der Waals surface area contributed by atoms with Crippen molar-refractivity contribution >= 4 is 35.0 Å². The monoisotopic (exact) mass is 268 g/mol. The highest BCUT2D eigenvalue weighted by Crippen LogP contribution is 2.13. The van der Waals surface area contributed by atoms with Gasteiger partial charge in [-0.2, -0.15) is 0 Å². The highest BCUT2D eigenvalue weighted by molar-refractivity contribution is 7.99. The molecule has 0 spiro atoms. The van der Waals surface area contributed by atoms with E-state index in [2.05, 4.69) is 10.6 Å². The number of nitrogens with one attached hydrogen (secondary N) is 2. The lowest BCUT2D eigenvalue weighted by molar-refractivity contribution is -0.114. The molecule has 1 rings (SSSR count). The summed E-state index contributed by atoms with van der Waals surface area (Å²) in [5, 5.41) is 14.0. The van der Waals surface area contributed by atoms with Crippen molar-refractivity contribution in [3.05, 3.63) is 24.3 Å². The number of carbonyl (C=O) groups excluding carboxylic acids is 2. The maximum absolute atomic E-state index is 11.5. The van der Waals surface area contributed by atoms with Crippen molar-refractivity contribution < 1.29 is 14.7 Å². The fourth-order valence-corrected chi connectivity index (χ4v) is 1.80. The number of hydrogen-bond acceptors (Lipinski definition) is 4. The van der Waals surface area contributed by atoms with Gasteiger partial charge in [0.05, 0.1) is 12.4 Å². The second kappa shape index (κ2) is 7.73. The summed E-state index contributed by atoms with van der Waals surface area (Å²) in [5.41, 5.74) is 1.37. The molecule has 0 unspecified atom stereocenters. The molecular weight excluding hydrogens is 252 g/mol. The third kappa shape index (κ3) is 5.70. The normalized spacial score (nSPS) is 9.89. The summed E-state index contributed by atoms with van der Waals surface area (Å²) < 4.78 is 0. The van der Waals surface area contributed by atoms with E-state index >= 15 is 0 Å². The van der Waals surface area contributed by atoms with Gasteiger partial charge >= 0.3 is 0 Å². The number of amides is 2. The van der Waals surface area contributed by atoms with Crippen molar-refractivity contribution in [1.82, 2.24) is 0 Å². The first-order valence-electron chi connectivity index (χ1n) is 5.48. The SMILES string of the molecule is CC(=O)Nc1ccc(NC(=O)CSCCO)cc1. The number of thioether (sulfide) groups is 1. The van der Waals surface area contributed by atoms with Gasteiger partial charge in [-0.3, -0.25) is 9.59 Å². The van der Waals surface area contributed by atoms with E-state index in [1.165, 1.54) is 18.7 Å². The maximum Gasteiger partial charge on any atom is 0.234 e. The Bertz CT molecular complexity index is 406. The Balaban J connectivity index is 2.43. The Morgan fingerprint density at radius 3 is 2.22 bits per heavy atom. The molecule has 5 nitrogen and oxygen atoms in total. The molecule has 6 heteroatoms. The minimum atomic E-state index is -0.132. The zero-order chi connectivity index (χ0) is 13.4. The van der Waals surface area contributed by atoms with Crippen LogP contribution >= 0.6 is 11.8 Å². The lowest BCUT2D eigenvalue weighted by Crippen LogP contribution is -2.14. The van der Waals surface area contributed by atoms with Crippen molar-refractivity contribution in [1.29, 1.82) is 0 Å². The van der Waals surface area contributed by atoms with Crippen molar-refractivity contribution in [2.24, 2.45) is 0 Å². The molecule has 0 aliphatic carbocycles. The van der Waals surface area contributed by atoms with Gasteiger partial charge in [0.15, 0.2) is 0 Å². The zero-order valence-electron chi connectivity index (χ0n) is 10.1. The summed E-state index contributed by atoms with van der Waals surface area (Å²) in [7, 11) is 0. The summed E-state index contributed by atoms with van der Waals surface area (Å²) in [6, 6.07) is 6.88. The number of anilines is 2. The predicted molar refractivity (Wildman–Crippen MR) is 73.8 cm³/mol. The van der Waals surface area contributed by atoms with Gasteiger partial charge in [-0.15, -0.1) is 11.8 Å². The smallest absolute Gasteiger partial charge is 0.234 e. The summed E-state index contributed by atoms with van der Waals surface area (Å²) in [6.07, 6.45) is 0. The number of aliphatic hydroxyl groups is 1. The van der Waals surface area contributed by atoms with Crippen LogP contribution in [0.3, 0.4) is 0 Å². The van der Waals surface area contributed by atoms with Crippen LogP contribution < -0.4 is 10.6 Å². The summed E-state index contributed by atoms with van der Waals surface area (Å²) in [5.74, 6) is 0.621. The lowest BCUT2D eigenvalue weighted by atomic mass is 10.3. The molecule has 0 fully saturated rings. The fourth-order valence-electron chi connectivity index (χ4n) is 1.27. The number of aliphatic hydroxyl groups excluding tert-OH is 1. The molecule has 0 saturated heterocycles. The number of rotatable bonds is 6. The van der Waals surface area contributed by atoms with Crippen molar-refractivity contribution in [3.8, 4) is 0 Å². The molecule has 1 aromatic rings. The quantitative estimate of drug-likeness (QED) is 0.680. The van der Waals surface area contributed by atoms with Gasteiger partial charge in [-0.1, -0.05) is 0 Å². The van der Waals surface area contributed by atoms with Crippen LogP contribution in [-0.4, -0.2) is 35.0 Å². The Morgan fingerprint density at radius 1 is 1.17 bits per heavy atom. The van der Waals surface area contributed by atoms with Gasteiger partial charge in [0.2, 0.25) is 11.8 Å². The Morgan fingerprint density at radius 2 is 1.72 bits per heavy atom. The first-order valence-corrected chi connectivity index (χ1v) is 6.63. The van der Waals surface area contributed by atoms with Crippen LogP contribution in [0.2, 0.25) is 0 Å². The zero-order valence-corrected chi connectivity index (χ0v) is 10.9. The molecule has 0 aliphatic heterocycles. The Kier molecular flexibility index (Phi) is 6.24. The van der Waals surface area contributed by atoms with Crippen LogP contribution in [0.15, 0.2) is 24.3 Å². The Hall–Kier alpha value is -1.53. The van der Waals surface area contributed by atoms with E-state index in [0.29, 0.717) is 22.9 Å². The van der Waals surface area contributed by atoms with E-state index in [1.807, 2.05) is 0 Å². The molecule has 0 saturated carbocycles. The van der Waals surface area contributed by atoms with Crippen LogP contribution in [0.4, 0.5) is 11.4 Å². The van der Waals surface area contributed by atoms with Gasteiger partial charge in [-0.05, 0) is 24.3 Å². The van der Waals surface area contributed by atoms with E-state index in [1.54, 1.807) is 24.3 Å². The number of carbonyl (C=O) groups is 2. The molecular formula is C12H16N2O3S. The minimum absolute atomic E-state index is 0.0728. The first kappa shape index (κ1) is 14.5. The largest absolute Gasteiger partial charge is 0.396 e. The number of hydrogen-bond donors (Lipinski definition) is 3. The average molecular weight is 268 g/mol. The molecule has 18 heavy (non-hydrogen) atoms. The highest BCUT2D eigenvalue weighted by Gasteiger charge is 2.02. The molecule has 0 aromatic heterocycles. The minimum Gasteiger partial charge on any atom is -0.396 e. The molecule has 0 heterocycles. The van der Waals surface area contributed by atoms with Gasteiger partial charge in [-0.25, -0.2) is 0 Å². The van der Waals surface area contributed by atoms with Gasteiger partial charge in [0.1, 0.15) is 0 Å². The average Bonchev–Trinajstić information content (AvgIpc) is 2.31. The molecule has 1 aromatic carbocycles. The van der Waals surface area contributed by atoms with Gasteiger partial charge in [0.25, 0.3) is 0 Å². The van der Waals surface area contributed by atoms with E-state index in [-0.39, 0.29) is 18.4 Å². The first-order chi connectivity index (χ1) is 8.61. The summed E-state index contributed by atoms with van der Waals surface area (Å²) >= 11 is 1.37. The molecule has 0 aliphatic rings. The summed E-state index contributed by atoms with van der Waals surface area (Å²) in [4.78, 5) is 22.3. The second-order valence-electron chi connectivity index (χ2n) is 3.58. The highest BCUT2D eigenvalue weighted by atomic mass is 32.2. The molecule has 98 valence electrons. The predicted octanol–water partition coefficient (Wildman–Crippen LogP) is 1.31. The van der Waals surface area contributed by atoms with Crippen molar-refractivity contribution in [2.75, 3.05) is 28.7 Å². The van der Waals surface area contributed by atoms with E-state index < -0.39 is 0 Å².